The van der Waals surface area contributed by atoms with Gasteiger partial charge in [-0.25, -0.2) is 0 Å². The highest BCUT2D eigenvalue weighted by Gasteiger charge is 2.01. The first kappa shape index (κ1) is 12.9. The zero-order valence-corrected chi connectivity index (χ0v) is 12.3. The van der Waals surface area contributed by atoms with Gasteiger partial charge in [0.15, 0.2) is 0 Å². The number of rotatable bonds is 2. The van der Waals surface area contributed by atoms with Crippen LogP contribution in [0.4, 0.5) is 0 Å². The molecule has 3 aromatic rings. The van der Waals surface area contributed by atoms with Crippen molar-refractivity contribution >= 4 is 15.9 Å². The van der Waals surface area contributed by atoms with E-state index >= 15 is 0 Å². The molecule has 0 amide bonds. The standard InChI is InChI=1S/C18H13BrO/c19-17-3-1-2-16(12-17)15-6-4-13(5-7-15)14-8-10-18(20)11-9-14/h1-12,20H. The van der Waals surface area contributed by atoms with Crippen molar-refractivity contribution in [3.05, 3.63) is 77.3 Å². The predicted molar refractivity (Wildman–Crippen MR) is 86.7 cm³/mol. The molecule has 0 saturated heterocycles. The second-order valence-electron chi connectivity index (χ2n) is 4.63. The molecule has 0 atom stereocenters. The van der Waals surface area contributed by atoms with Crippen molar-refractivity contribution in [2.45, 2.75) is 0 Å². The van der Waals surface area contributed by atoms with Gasteiger partial charge in [0.25, 0.3) is 0 Å². The zero-order valence-electron chi connectivity index (χ0n) is 10.8. The third-order valence-corrected chi connectivity index (χ3v) is 3.74. The molecule has 0 aromatic heterocycles. The number of hydrogen-bond acceptors (Lipinski definition) is 1. The SMILES string of the molecule is Oc1ccc(-c2ccc(-c3cccc(Br)c3)cc2)cc1. The summed E-state index contributed by atoms with van der Waals surface area (Å²) in [6.07, 6.45) is 0. The minimum absolute atomic E-state index is 0.291. The van der Waals surface area contributed by atoms with E-state index in [9.17, 15) is 5.11 Å². The fraction of sp³-hybridized carbons (Fsp3) is 0. The lowest BCUT2D eigenvalue weighted by molar-refractivity contribution is 0.475. The lowest BCUT2D eigenvalue weighted by Gasteiger charge is -2.05. The highest BCUT2D eigenvalue weighted by atomic mass is 79.9. The molecule has 0 spiro atoms. The third kappa shape index (κ3) is 2.75. The molecule has 0 bridgehead atoms. The molecule has 0 radical (unpaired) electrons. The first-order chi connectivity index (χ1) is 9.72. The molecule has 0 aliphatic carbocycles. The summed E-state index contributed by atoms with van der Waals surface area (Å²) >= 11 is 3.49. The van der Waals surface area contributed by atoms with Gasteiger partial charge in [-0.2, -0.15) is 0 Å². The van der Waals surface area contributed by atoms with E-state index < -0.39 is 0 Å². The van der Waals surface area contributed by atoms with Gasteiger partial charge >= 0.3 is 0 Å². The van der Waals surface area contributed by atoms with Crippen LogP contribution in [0.25, 0.3) is 22.3 Å². The van der Waals surface area contributed by atoms with Gasteiger partial charge in [-0.3, -0.25) is 0 Å². The molecule has 0 aliphatic rings. The van der Waals surface area contributed by atoms with Crippen LogP contribution in [0, 0.1) is 0 Å². The summed E-state index contributed by atoms with van der Waals surface area (Å²) in [5, 5.41) is 9.32. The molecule has 0 heterocycles. The van der Waals surface area contributed by atoms with Crippen LogP contribution in [0.2, 0.25) is 0 Å². The molecule has 0 saturated carbocycles. The van der Waals surface area contributed by atoms with Crippen LogP contribution in [0.3, 0.4) is 0 Å². The van der Waals surface area contributed by atoms with Crippen molar-refractivity contribution in [3.8, 4) is 28.0 Å². The van der Waals surface area contributed by atoms with Gasteiger partial charge in [0, 0.05) is 4.47 Å². The van der Waals surface area contributed by atoms with E-state index in [1.807, 2.05) is 24.3 Å². The molecule has 98 valence electrons. The van der Waals surface area contributed by atoms with Crippen LogP contribution >= 0.6 is 15.9 Å². The van der Waals surface area contributed by atoms with E-state index in [0.717, 1.165) is 15.6 Å². The van der Waals surface area contributed by atoms with Gasteiger partial charge in [0.2, 0.25) is 0 Å². The summed E-state index contributed by atoms with van der Waals surface area (Å²) < 4.78 is 1.08. The van der Waals surface area contributed by atoms with E-state index in [0.29, 0.717) is 5.75 Å². The predicted octanol–water partition coefficient (Wildman–Crippen LogP) is 5.49. The Morgan fingerprint density at radius 1 is 0.600 bits per heavy atom. The number of benzene rings is 3. The summed E-state index contributed by atoms with van der Waals surface area (Å²) in [4.78, 5) is 0. The van der Waals surface area contributed by atoms with Gasteiger partial charge in [-0.1, -0.05) is 64.5 Å². The number of halogens is 1. The highest BCUT2D eigenvalue weighted by molar-refractivity contribution is 9.10. The van der Waals surface area contributed by atoms with Crippen molar-refractivity contribution in [1.82, 2.24) is 0 Å². The van der Waals surface area contributed by atoms with Crippen LogP contribution in [-0.2, 0) is 0 Å². The Kier molecular flexibility index (Phi) is 3.57. The molecular weight excluding hydrogens is 312 g/mol. The van der Waals surface area contributed by atoms with Crippen LogP contribution in [-0.4, -0.2) is 5.11 Å². The number of phenolic OH excluding ortho intramolecular Hbond substituents is 1. The quantitative estimate of drug-likeness (QED) is 0.661. The Morgan fingerprint density at radius 3 is 1.65 bits per heavy atom. The van der Waals surface area contributed by atoms with E-state index in [-0.39, 0.29) is 0 Å². The Morgan fingerprint density at radius 2 is 1.10 bits per heavy atom. The van der Waals surface area contributed by atoms with Gasteiger partial charge in [-0.05, 0) is 46.5 Å². The maximum atomic E-state index is 9.32. The van der Waals surface area contributed by atoms with Gasteiger partial charge in [0.1, 0.15) is 5.75 Å². The molecule has 2 heteroatoms. The maximum absolute atomic E-state index is 9.32. The summed E-state index contributed by atoms with van der Waals surface area (Å²) in [7, 11) is 0. The fourth-order valence-electron chi connectivity index (χ4n) is 2.18. The molecule has 3 rings (SSSR count). The number of phenols is 1. The summed E-state index contributed by atoms with van der Waals surface area (Å²) in [6, 6.07) is 23.9. The molecule has 0 unspecified atom stereocenters. The van der Waals surface area contributed by atoms with Crippen molar-refractivity contribution in [2.24, 2.45) is 0 Å². The minimum atomic E-state index is 0.291. The van der Waals surface area contributed by atoms with Crippen LogP contribution < -0.4 is 0 Å². The van der Waals surface area contributed by atoms with E-state index in [1.54, 1.807) is 12.1 Å². The molecular formula is C18H13BrO. The number of hydrogen-bond donors (Lipinski definition) is 1. The lowest BCUT2D eigenvalue weighted by Crippen LogP contribution is -1.80. The average Bonchev–Trinajstić information content (AvgIpc) is 2.48. The molecule has 20 heavy (non-hydrogen) atoms. The normalized spacial score (nSPS) is 10.4. The first-order valence-corrected chi connectivity index (χ1v) is 7.17. The third-order valence-electron chi connectivity index (χ3n) is 3.24. The van der Waals surface area contributed by atoms with Crippen molar-refractivity contribution in [2.75, 3.05) is 0 Å². The second kappa shape index (κ2) is 5.51. The van der Waals surface area contributed by atoms with Gasteiger partial charge in [0.05, 0.1) is 0 Å². The van der Waals surface area contributed by atoms with E-state index in [2.05, 4.69) is 52.3 Å². The fourth-order valence-corrected chi connectivity index (χ4v) is 2.58. The molecule has 1 N–H and O–H groups in total. The smallest absolute Gasteiger partial charge is 0.115 e. The Hall–Kier alpha value is -2.06. The molecule has 1 nitrogen and oxygen atoms in total. The summed E-state index contributed by atoms with van der Waals surface area (Å²) in [5.41, 5.74) is 4.62. The highest BCUT2D eigenvalue weighted by Crippen LogP contribution is 2.27. The first-order valence-electron chi connectivity index (χ1n) is 6.38. The largest absolute Gasteiger partial charge is 0.508 e. The van der Waals surface area contributed by atoms with Crippen LogP contribution in [0.15, 0.2) is 77.3 Å². The minimum Gasteiger partial charge on any atom is -0.508 e. The van der Waals surface area contributed by atoms with Crippen molar-refractivity contribution in [3.63, 3.8) is 0 Å². The Balaban J connectivity index is 1.93. The lowest BCUT2D eigenvalue weighted by atomic mass is 10.0. The van der Waals surface area contributed by atoms with Crippen molar-refractivity contribution < 1.29 is 5.11 Å². The number of aromatic hydroxyl groups is 1. The molecule has 0 aliphatic heterocycles. The topological polar surface area (TPSA) is 20.2 Å². The molecule has 0 fully saturated rings. The second-order valence-corrected chi connectivity index (χ2v) is 5.55. The van der Waals surface area contributed by atoms with E-state index in [1.165, 1.54) is 11.1 Å². The van der Waals surface area contributed by atoms with Gasteiger partial charge < -0.3 is 5.11 Å². The zero-order chi connectivity index (χ0) is 13.9. The monoisotopic (exact) mass is 324 g/mol. The Bertz CT molecular complexity index is 715. The van der Waals surface area contributed by atoms with Crippen LogP contribution in [0.5, 0.6) is 5.75 Å². The summed E-state index contributed by atoms with van der Waals surface area (Å²) in [6.45, 7) is 0. The van der Waals surface area contributed by atoms with E-state index in [4.69, 9.17) is 0 Å². The van der Waals surface area contributed by atoms with Crippen molar-refractivity contribution in [1.29, 1.82) is 0 Å². The average molecular weight is 325 g/mol. The Labute approximate surface area is 126 Å². The maximum Gasteiger partial charge on any atom is 0.115 e. The van der Waals surface area contributed by atoms with Gasteiger partial charge in [-0.15, -0.1) is 0 Å². The molecule has 3 aromatic carbocycles. The summed E-state index contributed by atoms with van der Waals surface area (Å²) in [5.74, 6) is 0.291. The van der Waals surface area contributed by atoms with Crippen LogP contribution in [0.1, 0.15) is 0 Å².